The Hall–Kier alpha value is -0.950. The van der Waals surface area contributed by atoms with Crippen molar-refractivity contribution in [1.29, 1.82) is 0 Å². The molecule has 0 spiro atoms. The van der Waals surface area contributed by atoms with Crippen LogP contribution in [0.5, 0.6) is 0 Å². The Balaban J connectivity index is 3.59. The number of allylic oxidation sites excluding steroid dienone is 2. The van der Waals surface area contributed by atoms with Gasteiger partial charge in [-0.05, 0) is 38.5 Å². The average molecular weight is 921 g/mol. The highest BCUT2D eigenvalue weighted by Crippen LogP contribution is 2.18. The molecule has 4 atom stereocenters. The van der Waals surface area contributed by atoms with Crippen molar-refractivity contribution < 1.29 is 25.2 Å². The molecule has 0 radical (unpaired) electrons. The van der Waals surface area contributed by atoms with Gasteiger partial charge in [-0.25, -0.2) is 0 Å². The molecule has 0 aromatic rings. The predicted octanol–water partition coefficient (Wildman–Crippen LogP) is 17.3. The Kier molecular flexibility index (Phi) is 53.2. The zero-order chi connectivity index (χ0) is 47.4. The Morgan fingerprint density at radius 2 is 0.615 bits per heavy atom. The lowest BCUT2D eigenvalue weighted by Gasteiger charge is -2.27. The number of nitrogens with one attached hydrogen (secondary N) is 1. The van der Waals surface area contributed by atoms with Gasteiger partial charge in [-0.15, -0.1) is 0 Å². The van der Waals surface area contributed by atoms with Gasteiger partial charge in [-0.1, -0.05) is 302 Å². The first-order chi connectivity index (χ1) is 32.0. The molecule has 0 heterocycles. The van der Waals surface area contributed by atoms with Crippen LogP contribution in [0.4, 0.5) is 0 Å². The van der Waals surface area contributed by atoms with Crippen molar-refractivity contribution in [1.82, 2.24) is 5.32 Å². The highest BCUT2D eigenvalue weighted by atomic mass is 16.3. The molecule has 0 fully saturated rings. The lowest BCUT2D eigenvalue weighted by molar-refractivity contribution is -0.132. The third kappa shape index (κ3) is 47.9. The number of hydrogen-bond donors (Lipinski definition) is 5. The Morgan fingerprint density at radius 1 is 0.369 bits per heavy atom. The van der Waals surface area contributed by atoms with E-state index in [1.165, 1.54) is 263 Å². The summed E-state index contributed by atoms with van der Waals surface area (Å²) in [5.74, 6) is -0.578. The molecule has 6 heteroatoms. The number of aliphatic hydroxyl groups excluding tert-OH is 4. The smallest absolute Gasteiger partial charge is 0.249 e. The summed E-state index contributed by atoms with van der Waals surface area (Å²) in [5, 5.41) is 44.1. The third-order valence-corrected chi connectivity index (χ3v) is 14.2. The maximum atomic E-state index is 12.6. The van der Waals surface area contributed by atoms with Gasteiger partial charge in [-0.2, -0.15) is 0 Å². The maximum absolute atomic E-state index is 12.6. The summed E-state index contributed by atoms with van der Waals surface area (Å²) < 4.78 is 0. The molecule has 0 aliphatic heterocycles. The number of unbranched alkanes of at least 4 members (excludes halogenated alkanes) is 44. The number of rotatable bonds is 55. The van der Waals surface area contributed by atoms with Crippen LogP contribution < -0.4 is 5.32 Å². The molecule has 0 saturated heterocycles. The van der Waals surface area contributed by atoms with Gasteiger partial charge in [0.15, 0.2) is 0 Å². The van der Waals surface area contributed by atoms with Crippen molar-refractivity contribution >= 4 is 5.91 Å². The zero-order valence-electron chi connectivity index (χ0n) is 44.0. The van der Waals surface area contributed by atoms with E-state index in [0.717, 1.165) is 38.5 Å². The molecule has 0 aliphatic rings. The monoisotopic (exact) mass is 920 g/mol. The van der Waals surface area contributed by atoms with Crippen LogP contribution in [-0.4, -0.2) is 57.3 Å². The summed E-state index contributed by atoms with van der Waals surface area (Å²) >= 11 is 0. The van der Waals surface area contributed by atoms with Crippen LogP contribution in [0.15, 0.2) is 12.2 Å². The second kappa shape index (κ2) is 54.0. The number of carbonyl (C=O) groups is 1. The van der Waals surface area contributed by atoms with E-state index in [9.17, 15) is 25.2 Å². The molecule has 1 amide bonds. The molecule has 0 rings (SSSR count). The Labute approximate surface area is 406 Å². The van der Waals surface area contributed by atoms with Crippen LogP contribution in [0, 0.1) is 0 Å². The summed E-state index contributed by atoms with van der Waals surface area (Å²) in [6, 6.07) is -0.984. The number of carbonyl (C=O) groups excluding carboxylic acids is 1. The first-order valence-electron chi connectivity index (χ1n) is 29.6. The quantitative estimate of drug-likeness (QED) is 0.0308. The van der Waals surface area contributed by atoms with Crippen LogP contribution >= 0.6 is 0 Å². The summed E-state index contributed by atoms with van der Waals surface area (Å²) in [6.45, 7) is 4.10. The summed E-state index contributed by atoms with van der Waals surface area (Å²) in [7, 11) is 0. The molecule has 5 N–H and O–H groups in total. The second-order valence-electron chi connectivity index (χ2n) is 20.7. The van der Waals surface area contributed by atoms with E-state index in [1.807, 2.05) is 0 Å². The average Bonchev–Trinajstić information content (AvgIpc) is 3.31. The predicted molar refractivity (Wildman–Crippen MR) is 284 cm³/mol. The van der Waals surface area contributed by atoms with Crippen molar-refractivity contribution in [3.8, 4) is 0 Å². The molecular weight excluding hydrogens is 803 g/mol. The van der Waals surface area contributed by atoms with E-state index >= 15 is 0 Å². The highest BCUT2D eigenvalue weighted by Gasteiger charge is 2.28. The van der Waals surface area contributed by atoms with E-state index < -0.39 is 36.9 Å². The van der Waals surface area contributed by atoms with Crippen LogP contribution in [0.1, 0.15) is 328 Å². The largest absolute Gasteiger partial charge is 0.394 e. The van der Waals surface area contributed by atoms with Crippen molar-refractivity contribution in [3.05, 3.63) is 12.2 Å². The van der Waals surface area contributed by atoms with Gasteiger partial charge in [0.25, 0.3) is 0 Å². The molecule has 4 unspecified atom stereocenters. The van der Waals surface area contributed by atoms with E-state index in [2.05, 4.69) is 31.3 Å². The maximum Gasteiger partial charge on any atom is 0.249 e. The summed E-state index contributed by atoms with van der Waals surface area (Å²) in [6.07, 6.45) is 64.3. The van der Waals surface area contributed by atoms with Crippen LogP contribution in [0.25, 0.3) is 0 Å². The molecule has 6 nitrogen and oxygen atoms in total. The van der Waals surface area contributed by atoms with Crippen molar-refractivity contribution in [3.63, 3.8) is 0 Å². The summed E-state index contributed by atoms with van der Waals surface area (Å²) in [4.78, 5) is 12.6. The SMILES string of the molecule is CCCCCCCCCCCCCC/C=C\CCCCCCCCCCCCCC(O)C(=O)NC(CO)C(O)C(O)CCCCCCCCCCCCCCCCCCCCCCCC. The standard InChI is InChI=1S/C59H117NO5/c1-3-5-7-9-11-13-15-17-19-21-23-25-27-28-29-30-31-33-35-37-39-41-43-45-47-49-51-53-57(63)59(65)60-55(54-61)58(64)56(62)52-50-48-46-44-42-40-38-36-34-32-26-24-22-20-18-16-14-12-10-8-6-4-2/h28-29,55-58,61-64H,3-27,30-54H2,1-2H3,(H,60,65)/b29-28-. The lowest BCUT2D eigenvalue weighted by Crippen LogP contribution is -2.53. The molecule has 388 valence electrons. The van der Waals surface area contributed by atoms with Crippen molar-refractivity contribution in [2.45, 2.75) is 353 Å². The molecule has 0 bridgehead atoms. The molecular formula is C59H117NO5. The third-order valence-electron chi connectivity index (χ3n) is 14.2. The number of aliphatic hydroxyl groups is 4. The highest BCUT2D eigenvalue weighted by molar-refractivity contribution is 5.80. The number of hydrogen-bond acceptors (Lipinski definition) is 5. The van der Waals surface area contributed by atoms with E-state index in [-0.39, 0.29) is 0 Å². The fraction of sp³-hybridized carbons (Fsp3) is 0.949. The minimum Gasteiger partial charge on any atom is -0.394 e. The van der Waals surface area contributed by atoms with E-state index in [4.69, 9.17) is 0 Å². The van der Waals surface area contributed by atoms with Crippen LogP contribution in [0.2, 0.25) is 0 Å². The summed E-state index contributed by atoms with van der Waals surface area (Å²) in [5.41, 5.74) is 0. The lowest BCUT2D eigenvalue weighted by atomic mass is 9.99. The Morgan fingerprint density at radius 3 is 0.892 bits per heavy atom. The fourth-order valence-electron chi connectivity index (χ4n) is 9.58. The molecule has 0 aromatic carbocycles. The minimum absolute atomic E-state index is 0.372. The molecule has 0 aromatic heterocycles. The van der Waals surface area contributed by atoms with Crippen molar-refractivity contribution in [2.75, 3.05) is 6.61 Å². The van der Waals surface area contributed by atoms with Gasteiger partial charge in [-0.3, -0.25) is 4.79 Å². The fourth-order valence-corrected chi connectivity index (χ4v) is 9.58. The molecule has 65 heavy (non-hydrogen) atoms. The zero-order valence-corrected chi connectivity index (χ0v) is 44.0. The molecule has 0 aliphatic carbocycles. The minimum atomic E-state index is -1.26. The second-order valence-corrected chi connectivity index (χ2v) is 20.7. The topological polar surface area (TPSA) is 110 Å². The van der Waals surface area contributed by atoms with Crippen LogP contribution in [-0.2, 0) is 4.79 Å². The van der Waals surface area contributed by atoms with Gasteiger partial charge in [0.05, 0.1) is 18.8 Å². The van der Waals surface area contributed by atoms with Gasteiger partial charge in [0.2, 0.25) is 5.91 Å². The van der Waals surface area contributed by atoms with E-state index in [1.54, 1.807) is 0 Å². The number of amides is 1. The first kappa shape index (κ1) is 64.0. The first-order valence-corrected chi connectivity index (χ1v) is 29.6. The van der Waals surface area contributed by atoms with Gasteiger partial charge < -0.3 is 25.7 Å². The Bertz CT molecular complexity index is 944. The van der Waals surface area contributed by atoms with Crippen molar-refractivity contribution in [2.24, 2.45) is 0 Å². The van der Waals surface area contributed by atoms with E-state index in [0.29, 0.717) is 12.8 Å². The normalized spacial score (nSPS) is 13.8. The van der Waals surface area contributed by atoms with Gasteiger partial charge >= 0.3 is 0 Å². The van der Waals surface area contributed by atoms with Crippen LogP contribution in [0.3, 0.4) is 0 Å². The van der Waals surface area contributed by atoms with Gasteiger partial charge in [0, 0.05) is 0 Å². The van der Waals surface area contributed by atoms with Gasteiger partial charge in [0.1, 0.15) is 12.2 Å². The molecule has 0 saturated carbocycles.